The van der Waals surface area contributed by atoms with Gasteiger partial charge in [0.25, 0.3) is 0 Å². The molecule has 1 aromatic rings. The highest BCUT2D eigenvalue weighted by Crippen LogP contribution is 2.14. The second-order valence-electron chi connectivity index (χ2n) is 6.63. The maximum Gasteiger partial charge on any atom is 0.339 e. The van der Waals surface area contributed by atoms with E-state index in [0.29, 0.717) is 25.7 Å². The summed E-state index contributed by atoms with van der Waals surface area (Å²) in [6, 6.07) is 6.44. The molecule has 26 heavy (non-hydrogen) atoms. The number of hydrogen-bond acceptors (Lipinski definition) is 6. The number of carbonyl (C=O) groups is 2. The average Bonchev–Trinajstić information content (AvgIpc) is 2.62. The van der Waals surface area contributed by atoms with Gasteiger partial charge in [-0.05, 0) is 49.7 Å². The van der Waals surface area contributed by atoms with Gasteiger partial charge in [0.15, 0.2) is 0 Å². The highest BCUT2D eigenvalue weighted by Gasteiger charge is 2.19. The van der Waals surface area contributed by atoms with Crippen molar-refractivity contribution in [3.8, 4) is 0 Å². The predicted molar refractivity (Wildman–Crippen MR) is 98.0 cm³/mol. The summed E-state index contributed by atoms with van der Waals surface area (Å²) >= 11 is 0. The molecule has 2 atom stereocenters. The van der Waals surface area contributed by atoms with Crippen molar-refractivity contribution in [1.29, 1.82) is 0 Å². The number of carbonyl (C=O) groups excluding carboxylic acids is 2. The third-order valence-corrected chi connectivity index (χ3v) is 4.30. The van der Waals surface area contributed by atoms with Crippen molar-refractivity contribution in [2.75, 3.05) is 26.4 Å². The van der Waals surface area contributed by atoms with E-state index in [0.717, 1.165) is 0 Å². The normalized spacial score (nSPS) is 13.1. The van der Waals surface area contributed by atoms with Crippen LogP contribution >= 0.6 is 0 Å². The highest BCUT2D eigenvalue weighted by molar-refractivity contribution is 6.03. The van der Waals surface area contributed by atoms with E-state index in [4.69, 9.17) is 19.7 Å². The Morgan fingerprint density at radius 1 is 0.808 bits per heavy atom. The topological polar surface area (TPSA) is 93.1 Å². The Morgan fingerprint density at radius 2 is 1.19 bits per heavy atom. The maximum atomic E-state index is 12.3. The van der Waals surface area contributed by atoms with Gasteiger partial charge in [-0.3, -0.25) is 0 Å². The first kappa shape index (κ1) is 22.1. The predicted octanol–water partition coefficient (Wildman–Crippen LogP) is 2.82. The molecule has 0 amide bonds. The number of aliphatic hydroxyl groups excluding tert-OH is 2. The minimum absolute atomic E-state index is 0.112. The van der Waals surface area contributed by atoms with Crippen LogP contribution in [0.15, 0.2) is 24.3 Å². The van der Waals surface area contributed by atoms with E-state index in [2.05, 4.69) is 0 Å². The van der Waals surface area contributed by atoms with Gasteiger partial charge in [0.2, 0.25) is 0 Å². The summed E-state index contributed by atoms with van der Waals surface area (Å²) in [7, 11) is 0. The van der Waals surface area contributed by atoms with E-state index in [1.807, 2.05) is 13.8 Å². The van der Waals surface area contributed by atoms with E-state index in [1.165, 1.54) is 0 Å². The van der Waals surface area contributed by atoms with Crippen molar-refractivity contribution in [3.05, 3.63) is 35.4 Å². The molecular formula is C20H30O6. The molecule has 1 aromatic carbocycles. The number of benzene rings is 1. The van der Waals surface area contributed by atoms with Crippen molar-refractivity contribution >= 4 is 11.9 Å². The van der Waals surface area contributed by atoms with Crippen molar-refractivity contribution in [2.24, 2.45) is 11.8 Å². The Labute approximate surface area is 155 Å². The van der Waals surface area contributed by atoms with E-state index in [9.17, 15) is 9.59 Å². The van der Waals surface area contributed by atoms with Crippen LogP contribution < -0.4 is 0 Å². The summed E-state index contributed by atoms with van der Waals surface area (Å²) in [5.74, 6) is -0.590. The van der Waals surface area contributed by atoms with Crippen LogP contribution in [0, 0.1) is 11.8 Å². The summed E-state index contributed by atoms with van der Waals surface area (Å²) in [6.07, 6.45) is 2.63. The highest BCUT2D eigenvalue weighted by atomic mass is 16.5. The number of esters is 2. The lowest BCUT2D eigenvalue weighted by Gasteiger charge is -2.13. The van der Waals surface area contributed by atoms with E-state index >= 15 is 0 Å². The first-order valence-electron chi connectivity index (χ1n) is 9.14. The molecule has 0 heterocycles. The zero-order chi connectivity index (χ0) is 19.4. The first-order chi connectivity index (χ1) is 12.5. The maximum absolute atomic E-state index is 12.3. The van der Waals surface area contributed by atoms with Gasteiger partial charge < -0.3 is 19.7 Å². The SMILES string of the molecule is CC(CCO)CCOC(=O)c1ccccc1C(=O)OCCC(C)CCO. The van der Waals surface area contributed by atoms with Crippen molar-refractivity contribution in [3.63, 3.8) is 0 Å². The van der Waals surface area contributed by atoms with Gasteiger partial charge in [-0.25, -0.2) is 9.59 Å². The molecule has 1 rings (SSSR count). The smallest absolute Gasteiger partial charge is 0.339 e. The molecule has 146 valence electrons. The van der Waals surface area contributed by atoms with Crippen LogP contribution in [0.4, 0.5) is 0 Å². The van der Waals surface area contributed by atoms with Gasteiger partial charge in [0.05, 0.1) is 24.3 Å². The fourth-order valence-corrected chi connectivity index (χ4v) is 2.43. The molecule has 6 heteroatoms. The monoisotopic (exact) mass is 366 g/mol. The molecule has 0 aromatic heterocycles. The quantitative estimate of drug-likeness (QED) is 0.553. The summed E-state index contributed by atoms with van der Waals surface area (Å²) in [6.45, 7) is 4.66. The molecule has 2 unspecified atom stereocenters. The number of rotatable bonds is 12. The Bertz CT molecular complexity index is 508. The first-order valence-corrected chi connectivity index (χ1v) is 9.14. The van der Waals surface area contributed by atoms with Gasteiger partial charge in [-0.2, -0.15) is 0 Å². The zero-order valence-corrected chi connectivity index (χ0v) is 15.6. The fourth-order valence-electron chi connectivity index (χ4n) is 2.43. The Morgan fingerprint density at radius 3 is 1.54 bits per heavy atom. The van der Waals surface area contributed by atoms with Crippen LogP contribution in [0.5, 0.6) is 0 Å². The summed E-state index contributed by atoms with van der Waals surface area (Å²) in [5, 5.41) is 17.8. The summed E-state index contributed by atoms with van der Waals surface area (Å²) in [5.41, 5.74) is 0.381. The van der Waals surface area contributed by atoms with E-state index < -0.39 is 11.9 Å². The van der Waals surface area contributed by atoms with Crippen LogP contribution in [0.2, 0.25) is 0 Å². The molecule has 0 fully saturated rings. The number of hydrogen-bond donors (Lipinski definition) is 2. The van der Waals surface area contributed by atoms with Gasteiger partial charge >= 0.3 is 11.9 Å². The number of aliphatic hydroxyl groups is 2. The second-order valence-corrected chi connectivity index (χ2v) is 6.63. The molecule has 0 aliphatic rings. The molecule has 0 aliphatic heterocycles. The average molecular weight is 366 g/mol. The van der Waals surface area contributed by atoms with Crippen LogP contribution in [0.25, 0.3) is 0 Å². The molecule has 6 nitrogen and oxygen atoms in total. The van der Waals surface area contributed by atoms with Gasteiger partial charge in [0, 0.05) is 13.2 Å². The lowest BCUT2D eigenvalue weighted by Crippen LogP contribution is -2.16. The Kier molecular flexibility index (Phi) is 10.6. The number of ether oxygens (including phenoxy) is 2. The van der Waals surface area contributed by atoms with Crippen molar-refractivity contribution in [2.45, 2.75) is 39.5 Å². The fraction of sp³-hybridized carbons (Fsp3) is 0.600. The Balaban J connectivity index is 2.57. The van der Waals surface area contributed by atoms with Gasteiger partial charge in [0.1, 0.15) is 0 Å². The van der Waals surface area contributed by atoms with Crippen LogP contribution in [-0.4, -0.2) is 48.6 Å². The van der Waals surface area contributed by atoms with Crippen LogP contribution in [0.3, 0.4) is 0 Å². The zero-order valence-electron chi connectivity index (χ0n) is 15.6. The second kappa shape index (κ2) is 12.4. The van der Waals surface area contributed by atoms with Crippen LogP contribution in [-0.2, 0) is 9.47 Å². The summed E-state index contributed by atoms with van der Waals surface area (Å²) in [4.78, 5) is 24.5. The van der Waals surface area contributed by atoms with E-state index in [1.54, 1.807) is 24.3 Å². The third-order valence-electron chi connectivity index (χ3n) is 4.30. The Hall–Kier alpha value is -1.92. The minimum Gasteiger partial charge on any atom is -0.462 e. The van der Waals surface area contributed by atoms with Gasteiger partial charge in [-0.1, -0.05) is 26.0 Å². The van der Waals surface area contributed by atoms with Crippen molar-refractivity contribution < 1.29 is 29.3 Å². The molecule has 0 saturated heterocycles. The molecule has 2 N–H and O–H groups in total. The molecule has 0 radical (unpaired) electrons. The van der Waals surface area contributed by atoms with E-state index in [-0.39, 0.29) is 49.4 Å². The van der Waals surface area contributed by atoms with Crippen molar-refractivity contribution in [1.82, 2.24) is 0 Å². The third kappa shape index (κ3) is 7.97. The molecule has 0 aliphatic carbocycles. The lowest BCUT2D eigenvalue weighted by molar-refractivity contribution is 0.0433. The summed E-state index contributed by atoms with van der Waals surface area (Å²) < 4.78 is 10.5. The molecule has 0 saturated carbocycles. The lowest BCUT2D eigenvalue weighted by atomic mass is 10.1. The standard InChI is InChI=1S/C20H30O6/c1-15(7-11-21)9-13-25-19(23)17-5-3-4-6-18(17)20(24)26-14-10-16(2)8-12-22/h3-6,15-16,21-22H,7-14H2,1-2H3. The minimum atomic E-state index is -0.553. The van der Waals surface area contributed by atoms with Gasteiger partial charge in [-0.15, -0.1) is 0 Å². The largest absolute Gasteiger partial charge is 0.462 e. The molecule has 0 spiro atoms. The molecular weight excluding hydrogens is 336 g/mol. The molecule has 0 bridgehead atoms. The van der Waals surface area contributed by atoms with Crippen LogP contribution in [0.1, 0.15) is 60.2 Å².